The van der Waals surface area contributed by atoms with E-state index in [1.54, 1.807) is 6.92 Å². The Morgan fingerprint density at radius 1 is 1.47 bits per heavy atom. The Balaban J connectivity index is 2.64. The van der Waals surface area contributed by atoms with Crippen LogP contribution in [0.5, 0.6) is 0 Å². The number of esters is 1. The van der Waals surface area contributed by atoms with Gasteiger partial charge < -0.3 is 10.1 Å². The number of ether oxygens (including phenoxy) is 1. The number of thioether (sulfide) groups is 1. The highest BCUT2D eigenvalue weighted by atomic mass is 32.2. The minimum atomic E-state index is -0.501. The van der Waals surface area contributed by atoms with E-state index in [-0.39, 0.29) is 30.7 Å². The van der Waals surface area contributed by atoms with Gasteiger partial charge >= 0.3 is 5.97 Å². The molecule has 1 aliphatic heterocycles. The summed E-state index contributed by atoms with van der Waals surface area (Å²) in [5.74, 6) is -0.662. The highest BCUT2D eigenvalue weighted by Crippen LogP contribution is 2.28. The molecule has 0 spiro atoms. The van der Waals surface area contributed by atoms with Crippen LogP contribution in [0.3, 0.4) is 0 Å². The van der Waals surface area contributed by atoms with Gasteiger partial charge in [0.25, 0.3) is 0 Å². The molecule has 0 aliphatic carbocycles. The van der Waals surface area contributed by atoms with Crippen molar-refractivity contribution in [2.24, 2.45) is 0 Å². The fourth-order valence-corrected chi connectivity index (χ4v) is 2.38. The fourth-order valence-electron chi connectivity index (χ4n) is 1.45. The molecule has 19 heavy (non-hydrogen) atoms. The molecule has 0 aromatic rings. The summed E-state index contributed by atoms with van der Waals surface area (Å²) in [5, 5.41) is 3.16. The molecule has 1 saturated heterocycles. The molecule has 0 saturated carbocycles. The van der Waals surface area contributed by atoms with Gasteiger partial charge in [0, 0.05) is 6.54 Å². The Bertz CT molecular complexity index is 395. The molecule has 0 aromatic heterocycles. The average Bonchev–Trinajstić information content (AvgIpc) is 2.69. The maximum Gasteiger partial charge on any atom is 0.333 e. The van der Waals surface area contributed by atoms with Crippen molar-refractivity contribution in [2.45, 2.75) is 20.3 Å². The third kappa shape index (κ3) is 4.94. The van der Waals surface area contributed by atoms with Crippen LogP contribution in [0, 0.1) is 0 Å². The van der Waals surface area contributed by atoms with E-state index in [4.69, 9.17) is 4.74 Å². The monoisotopic (exact) mass is 286 g/mol. The van der Waals surface area contributed by atoms with Crippen LogP contribution in [0.15, 0.2) is 11.1 Å². The highest BCUT2D eigenvalue weighted by Gasteiger charge is 2.29. The number of nitrogens with one attached hydrogen (secondary N) is 1. The van der Waals surface area contributed by atoms with E-state index in [1.807, 2.05) is 6.92 Å². The second-order valence-electron chi connectivity index (χ2n) is 3.85. The summed E-state index contributed by atoms with van der Waals surface area (Å²) in [7, 11) is 0. The normalized spacial score (nSPS) is 16.8. The van der Waals surface area contributed by atoms with Crippen LogP contribution in [-0.2, 0) is 19.1 Å². The molecule has 1 fully saturated rings. The van der Waals surface area contributed by atoms with Gasteiger partial charge in [0.15, 0.2) is 0 Å². The zero-order valence-electron chi connectivity index (χ0n) is 11.1. The quantitative estimate of drug-likeness (QED) is 0.568. The molecule has 0 aromatic carbocycles. The molecule has 6 nitrogen and oxygen atoms in total. The Labute approximate surface area is 116 Å². The van der Waals surface area contributed by atoms with Crippen molar-refractivity contribution in [3.05, 3.63) is 11.1 Å². The molecule has 1 aliphatic rings. The second kappa shape index (κ2) is 7.83. The predicted octanol–water partition coefficient (Wildman–Crippen LogP) is 0.492. The van der Waals surface area contributed by atoms with Crippen molar-refractivity contribution < 1.29 is 19.1 Å². The number of amides is 2. The van der Waals surface area contributed by atoms with E-state index in [0.717, 1.165) is 6.42 Å². The number of nitrogens with zero attached hydrogens (tertiary/aromatic N) is 1. The van der Waals surface area contributed by atoms with Gasteiger partial charge in [-0.15, -0.1) is 0 Å². The van der Waals surface area contributed by atoms with Crippen molar-refractivity contribution in [1.29, 1.82) is 0 Å². The molecule has 1 N–H and O–H groups in total. The summed E-state index contributed by atoms with van der Waals surface area (Å²) in [6, 6.07) is 0. The Hall–Kier alpha value is -1.50. The van der Waals surface area contributed by atoms with E-state index in [1.165, 1.54) is 22.7 Å². The molecule has 2 amide bonds. The standard InChI is InChI=1S/C12H18N2O4S/c1-3-5-13-9(15)7-14-10(16)8-19-11(14)6-12(17)18-4-2/h6H,3-5,7-8H2,1-2H3,(H,13,15)/b11-6-. The van der Waals surface area contributed by atoms with Gasteiger partial charge in [0.2, 0.25) is 11.8 Å². The number of carbonyl (C=O) groups is 3. The lowest BCUT2D eigenvalue weighted by Gasteiger charge is -2.16. The molecule has 0 bridgehead atoms. The molecule has 106 valence electrons. The fraction of sp³-hybridized carbons (Fsp3) is 0.583. The number of rotatable bonds is 6. The SMILES string of the molecule is CCCNC(=O)CN1C(=O)CS/C1=C\C(=O)OCC. The van der Waals surface area contributed by atoms with Gasteiger partial charge in [0.05, 0.1) is 23.5 Å². The van der Waals surface area contributed by atoms with E-state index in [2.05, 4.69) is 5.32 Å². The van der Waals surface area contributed by atoms with E-state index in [9.17, 15) is 14.4 Å². The first kappa shape index (κ1) is 15.6. The summed E-state index contributed by atoms with van der Waals surface area (Å²) in [5.41, 5.74) is 0. The van der Waals surface area contributed by atoms with Crippen LogP contribution < -0.4 is 5.32 Å². The first-order chi connectivity index (χ1) is 9.08. The van der Waals surface area contributed by atoms with Crippen LogP contribution in [0.1, 0.15) is 20.3 Å². The molecule has 0 atom stereocenters. The van der Waals surface area contributed by atoms with Crippen LogP contribution in [0.4, 0.5) is 0 Å². The van der Waals surface area contributed by atoms with Crippen molar-refractivity contribution in [2.75, 3.05) is 25.4 Å². The number of hydrogen-bond donors (Lipinski definition) is 1. The first-order valence-corrected chi connectivity index (χ1v) is 7.15. The maximum absolute atomic E-state index is 11.7. The van der Waals surface area contributed by atoms with Gasteiger partial charge in [-0.2, -0.15) is 0 Å². The lowest BCUT2D eigenvalue weighted by Crippen LogP contribution is -2.37. The van der Waals surface area contributed by atoms with E-state index < -0.39 is 5.97 Å². The van der Waals surface area contributed by atoms with Crippen molar-refractivity contribution in [1.82, 2.24) is 10.2 Å². The van der Waals surface area contributed by atoms with Crippen LogP contribution in [-0.4, -0.2) is 48.1 Å². The molecule has 1 heterocycles. The number of hydrogen-bond acceptors (Lipinski definition) is 5. The van der Waals surface area contributed by atoms with Gasteiger partial charge in [-0.25, -0.2) is 4.79 Å². The summed E-state index contributed by atoms with van der Waals surface area (Å²) in [4.78, 5) is 35.9. The number of carbonyl (C=O) groups excluding carboxylic acids is 3. The lowest BCUT2D eigenvalue weighted by molar-refractivity contribution is -0.137. The predicted molar refractivity (Wildman–Crippen MR) is 72.2 cm³/mol. The van der Waals surface area contributed by atoms with E-state index >= 15 is 0 Å². The van der Waals surface area contributed by atoms with Crippen LogP contribution in [0.2, 0.25) is 0 Å². The van der Waals surface area contributed by atoms with Crippen molar-refractivity contribution in [3.63, 3.8) is 0 Å². The van der Waals surface area contributed by atoms with Crippen molar-refractivity contribution in [3.8, 4) is 0 Å². The Kier molecular flexibility index (Phi) is 6.41. The maximum atomic E-state index is 11.7. The highest BCUT2D eigenvalue weighted by molar-refractivity contribution is 8.04. The smallest absolute Gasteiger partial charge is 0.333 e. The topological polar surface area (TPSA) is 75.7 Å². The third-order valence-electron chi connectivity index (χ3n) is 2.31. The summed E-state index contributed by atoms with van der Waals surface area (Å²) < 4.78 is 4.79. The summed E-state index contributed by atoms with van der Waals surface area (Å²) >= 11 is 1.24. The first-order valence-electron chi connectivity index (χ1n) is 6.16. The zero-order chi connectivity index (χ0) is 14.3. The molecule has 0 unspecified atom stereocenters. The van der Waals surface area contributed by atoms with Crippen LogP contribution >= 0.6 is 11.8 Å². The molecular weight excluding hydrogens is 268 g/mol. The third-order valence-corrected chi connectivity index (χ3v) is 3.34. The molecule has 1 rings (SSSR count). The average molecular weight is 286 g/mol. The minimum Gasteiger partial charge on any atom is -0.463 e. The summed E-state index contributed by atoms with van der Waals surface area (Å²) in [6.45, 7) is 4.45. The Morgan fingerprint density at radius 2 is 2.21 bits per heavy atom. The van der Waals surface area contributed by atoms with Crippen LogP contribution in [0.25, 0.3) is 0 Å². The van der Waals surface area contributed by atoms with E-state index in [0.29, 0.717) is 11.6 Å². The largest absolute Gasteiger partial charge is 0.463 e. The zero-order valence-corrected chi connectivity index (χ0v) is 11.9. The van der Waals surface area contributed by atoms with Gasteiger partial charge in [-0.05, 0) is 13.3 Å². The molecule has 0 radical (unpaired) electrons. The van der Waals surface area contributed by atoms with Crippen molar-refractivity contribution >= 4 is 29.5 Å². The van der Waals surface area contributed by atoms with Gasteiger partial charge in [0.1, 0.15) is 6.54 Å². The second-order valence-corrected chi connectivity index (χ2v) is 4.85. The lowest BCUT2D eigenvalue weighted by atomic mass is 10.4. The minimum absolute atomic E-state index is 0.0585. The Morgan fingerprint density at radius 3 is 2.84 bits per heavy atom. The molecular formula is C12H18N2O4S. The summed E-state index contributed by atoms with van der Waals surface area (Å²) in [6.07, 6.45) is 2.09. The van der Waals surface area contributed by atoms with Gasteiger partial charge in [-0.3, -0.25) is 14.5 Å². The van der Waals surface area contributed by atoms with Gasteiger partial charge in [-0.1, -0.05) is 18.7 Å². The molecule has 7 heteroatoms.